The molecule has 0 unspecified atom stereocenters. The molecule has 0 bridgehead atoms. The number of thioether (sulfide) groups is 1. The van der Waals surface area contributed by atoms with Crippen molar-refractivity contribution in [2.45, 2.75) is 25.4 Å². The summed E-state index contributed by atoms with van der Waals surface area (Å²) in [6.45, 7) is 0.906. The monoisotopic (exact) mass is 302 g/mol. The van der Waals surface area contributed by atoms with Crippen molar-refractivity contribution in [1.82, 2.24) is 9.88 Å². The van der Waals surface area contributed by atoms with Gasteiger partial charge in [-0.05, 0) is 43.5 Å². The summed E-state index contributed by atoms with van der Waals surface area (Å²) in [6, 6.07) is 11.0. The van der Waals surface area contributed by atoms with Gasteiger partial charge in [-0.3, -0.25) is 4.90 Å². The molecule has 0 radical (unpaired) electrons. The summed E-state index contributed by atoms with van der Waals surface area (Å²) < 4.78 is 5.42. The third-order valence-corrected chi connectivity index (χ3v) is 5.24. The molecule has 2 aromatic rings. The molecule has 3 nitrogen and oxygen atoms in total. The first kappa shape index (κ1) is 14.7. The van der Waals surface area contributed by atoms with Crippen LogP contribution in [0.2, 0.25) is 0 Å². The molecule has 0 spiro atoms. The highest BCUT2D eigenvalue weighted by atomic mass is 32.2. The smallest absolute Gasteiger partial charge is 0.145 e. The highest BCUT2D eigenvalue weighted by molar-refractivity contribution is 7.99. The van der Waals surface area contributed by atoms with Gasteiger partial charge in [0, 0.05) is 18.0 Å². The van der Waals surface area contributed by atoms with E-state index in [0.29, 0.717) is 6.04 Å². The van der Waals surface area contributed by atoms with Crippen molar-refractivity contribution in [3.8, 4) is 5.75 Å². The molecular weight excluding hydrogens is 280 g/mol. The summed E-state index contributed by atoms with van der Waals surface area (Å²) in [5, 5.41) is 1.13. The van der Waals surface area contributed by atoms with Gasteiger partial charge >= 0.3 is 0 Å². The van der Waals surface area contributed by atoms with Gasteiger partial charge in [0.25, 0.3) is 0 Å². The highest BCUT2D eigenvalue weighted by Crippen LogP contribution is 2.25. The first-order valence-electron chi connectivity index (χ1n) is 7.48. The van der Waals surface area contributed by atoms with Gasteiger partial charge in [0.1, 0.15) is 11.3 Å². The predicted octanol–water partition coefficient (Wildman–Crippen LogP) is 3.57. The first-order valence-corrected chi connectivity index (χ1v) is 8.64. The quantitative estimate of drug-likeness (QED) is 0.862. The number of hydrogen-bond acceptors (Lipinski definition) is 4. The van der Waals surface area contributed by atoms with E-state index in [2.05, 4.69) is 41.9 Å². The lowest BCUT2D eigenvalue weighted by Crippen LogP contribution is -2.34. The van der Waals surface area contributed by atoms with Crippen molar-refractivity contribution in [1.29, 1.82) is 0 Å². The topological polar surface area (TPSA) is 25.4 Å². The summed E-state index contributed by atoms with van der Waals surface area (Å²) >= 11 is 2.07. The van der Waals surface area contributed by atoms with Crippen molar-refractivity contribution < 1.29 is 4.74 Å². The Hall–Kier alpha value is -1.26. The Balaban J connectivity index is 1.80. The van der Waals surface area contributed by atoms with Crippen LogP contribution < -0.4 is 4.74 Å². The minimum absolute atomic E-state index is 0.696. The van der Waals surface area contributed by atoms with Gasteiger partial charge in [0.15, 0.2) is 0 Å². The molecule has 21 heavy (non-hydrogen) atoms. The van der Waals surface area contributed by atoms with Crippen molar-refractivity contribution in [3.05, 3.63) is 36.0 Å². The van der Waals surface area contributed by atoms with E-state index < -0.39 is 0 Å². The molecule has 1 aliphatic rings. The molecule has 4 heteroatoms. The molecule has 0 saturated carbocycles. The van der Waals surface area contributed by atoms with Crippen LogP contribution in [0.3, 0.4) is 0 Å². The first-order chi connectivity index (χ1) is 10.3. The average molecular weight is 302 g/mol. The fourth-order valence-electron chi connectivity index (χ4n) is 2.92. The van der Waals surface area contributed by atoms with Crippen LogP contribution in [0.25, 0.3) is 10.9 Å². The SMILES string of the molecule is COc1cccc2ccc(CN(C)C3CCSCC3)nc12. The van der Waals surface area contributed by atoms with Crippen LogP contribution in [0.4, 0.5) is 0 Å². The minimum atomic E-state index is 0.696. The van der Waals surface area contributed by atoms with Crippen molar-refractivity contribution in [3.63, 3.8) is 0 Å². The Labute approximate surface area is 130 Å². The van der Waals surface area contributed by atoms with Crippen LogP contribution in [0.1, 0.15) is 18.5 Å². The largest absolute Gasteiger partial charge is 0.494 e. The zero-order valence-electron chi connectivity index (χ0n) is 12.7. The van der Waals surface area contributed by atoms with E-state index in [1.807, 2.05) is 12.1 Å². The Morgan fingerprint density at radius 2 is 2.05 bits per heavy atom. The summed E-state index contributed by atoms with van der Waals surface area (Å²) in [4.78, 5) is 7.26. The molecule has 2 heterocycles. The molecule has 1 saturated heterocycles. The summed E-state index contributed by atoms with van der Waals surface area (Å²) in [5.41, 5.74) is 2.08. The summed E-state index contributed by atoms with van der Waals surface area (Å²) in [7, 11) is 3.92. The van der Waals surface area contributed by atoms with Gasteiger partial charge in [-0.15, -0.1) is 0 Å². The second-order valence-electron chi connectivity index (χ2n) is 5.59. The number of nitrogens with zero attached hydrogens (tertiary/aromatic N) is 2. The van der Waals surface area contributed by atoms with Gasteiger partial charge in [-0.2, -0.15) is 11.8 Å². The lowest BCUT2D eigenvalue weighted by molar-refractivity contribution is 0.219. The second kappa shape index (κ2) is 6.67. The summed E-state index contributed by atoms with van der Waals surface area (Å²) in [6.07, 6.45) is 2.58. The van der Waals surface area contributed by atoms with Crippen molar-refractivity contribution >= 4 is 22.7 Å². The standard InChI is InChI=1S/C17H22N2OS/c1-19(15-8-10-21-11-9-15)12-14-7-6-13-4-3-5-16(20-2)17(13)18-14/h3-7,15H,8-12H2,1-2H3. The molecule has 0 N–H and O–H groups in total. The number of pyridine rings is 1. The number of aromatic nitrogens is 1. The van der Waals surface area contributed by atoms with Gasteiger partial charge in [0.05, 0.1) is 12.8 Å². The van der Waals surface area contributed by atoms with Gasteiger partial charge in [-0.1, -0.05) is 18.2 Å². The van der Waals surface area contributed by atoms with Crippen molar-refractivity contribution in [2.75, 3.05) is 25.7 Å². The maximum absolute atomic E-state index is 5.42. The Bertz CT molecular complexity index is 611. The normalized spacial score (nSPS) is 16.5. The third kappa shape index (κ3) is 3.33. The Morgan fingerprint density at radius 1 is 1.24 bits per heavy atom. The number of para-hydroxylation sites is 1. The average Bonchev–Trinajstić information content (AvgIpc) is 2.55. The van der Waals surface area contributed by atoms with E-state index in [1.165, 1.54) is 24.3 Å². The molecule has 3 rings (SSSR count). The van der Waals surface area contributed by atoms with E-state index in [0.717, 1.165) is 28.9 Å². The Kier molecular flexibility index (Phi) is 4.66. The van der Waals surface area contributed by atoms with Crippen LogP contribution in [0.5, 0.6) is 5.75 Å². The van der Waals surface area contributed by atoms with Crippen LogP contribution in [0, 0.1) is 0 Å². The van der Waals surface area contributed by atoms with E-state index in [1.54, 1.807) is 7.11 Å². The lowest BCUT2D eigenvalue weighted by Gasteiger charge is -2.30. The maximum Gasteiger partial charge on any atom is 0.145 e. The highest BCUT2D eigenvalue weighted by Gasteiger charge is 2.18. The van der Waals surface area contributed by atoms with E-state index in [9.17, 15) is 0 Å². The molecule has 0 amide bonds. The molecule has 1 aromatic heterocycles. The van der Waals surface area contributed by atoms with Gasteiger partial charge in [0.2, 0.25) is 0 Å². The second-order valence-corrected chi connectivity index (χ2v) is 6.82. The Morgan fingerprint density at radius 3 is 2.81 bits per heavy atom. The number of hydrogen-bond donors (Lipinski definition) is 0. The number of fused-ring (bicyclic) bond motifs is 1. The predicted molar refractivity (Wildman–Crippen MR) is 90.1 cm³/mol. The van der Waals surface area contributed by atoms with E-state index >= 15 is 0 Å². The van der Waals surface area contributed by atoms with Gasteiger partial charge < -0.3 is 4.74 Å². The fraction of sp³-hybridized carbons (Fsp3) is 0.471. The third-order valence-electron chi connectivity index (χ3n) is 4.19. The molecule has 0 aliphatic carbocycles. The molecule has 1 fully saturated rings. The van der Waals surface area contributed by atoms with E-state index in [-0.39, 0.29) is 0 Å². The fourth-order valence-corrected chi connectivity index (χ4v) is 4.01. The van der Waals surface area contributed by atoms with Crippen LogP contribution in [0.15, 0.2) is 30.3 Å². The lowest BCUT2D eigenvalue weighted by atomic mass is 10.1. The van der Waals surface area contributed by atoms with Crippen molar-refractivity contribution in [2.24, 2.45) is 0 Å². The van der Waals surface area contributed by atoms with Crippen LogP contribution in [-0.4, -0.2) is 41.6 Å². The number of rotatable bonds is 4. The maximum atomic E-state index is 5.42. The number of benzene rings is 1. The molecule has 1 aliphatic heterocycles. The molecule has 1 aromatic carbocycles. The molecular formula is C17H22N2OS. The zero-order chi connectivity index (χ0) is 14.7. The molecule has 112 valence electrons. The van der Waals surface area contributed by atoms with Gasteiger partial charge in [-0.25, -0.2) is 4.98 Å². The minimum Gasteiger partial charge on any atom is -0.494 e. The van der Waals surface area contributed by atoms with Crippen LogP contribution >= 0.6 is 11.8 Å². The number of ether oxygens (including phenoxy) is 1. The number of methoxy groups -OCH3 is 1. The van der Waals surface area contributed by atoms with Crippen LogP contribution in [-0.2, 0) is 6.54 Å². The summed E-state index contributed by atoms with van der Waals surface area (Å²) in [5.74, 6) is 3.42. The van der Waals surface area contributed by atoms with E-state index in [4.69, 9.17) is 9.72 Å². The molecule has 0 atom stereocenters. The zero-order valence-corrected chi connectivity index (χ0v) is 13.5.